The second kappa shape index (κ2) is 9.51. The lowest BCUT2D eigenvalue weighted by Gasteiger charge is -2.24. The summed E-state index contributed by atoms with van der Waals surface area (Å²) < 4.78 is 5.77. The smallest absolute Gasteiger partial charge is 0.254 e. The van der Waals surface area contributed by atoms with Gasteiger partial charge < -0.3 is 9.64 Å². The molecule has 1 aromatic heterocycles. The van der Waals surface area contributed by atoms with Crippen LogP contribution in [0.15, 0.2) is 60.0 Å². The number of nitrogens with zero attached hydrogens (tertiary/aromatic N) is 2. The van der Waals surface area contributed by atoms with Crippen molar-refractivity contribution in [2.24, 2.45) is 5.92 Å². The molecule has 3 aromatic rings. The van der Waals surface area contributed by atoms with Crippen molar-refractivity contribution in [2.45, 2.75) is 33.9 Å². The van der Waals surface area contributed by atoms with Crippen LogP contribution in [0.2, 0.25) is 0 Å². The standard InChI is InChI=1S/C23H26N2O2S/c1-17(2)13-25(23(26)19-9-7-8-18(3)12-19)14-20-16-28-22(24-20)15-27-21-10-5-4-6-11-21/h4-12,16-17H,13-15H2,1-3H3. The third-order valence-corrected chi connectivity index (χ3v) is 5.07. The van der Waals surface area contributed by atoms with Crippen LogP contribution in [0, 0.1) is 12.8 Å². The van der Waals surface area contributed by atoms with Gasteiger partial charge in [0.2, 0.25) is 0 Å². The molecule has 1 heterocycles. The predicted octanol–water partition coefficient (Wildman–Crippen LogP) is 5.33. The number of amides is 1. The van der Waals surface area contributed by atoms with E-state index in [1.165, 1.54) is 0 Å². The number of para-hydroxylation sites is 1. The van der Waals surface area contributed by atoms with Crippen LogP contribution >= 0.6 is 11.3 Å². The summed E-state index contributed by atoms with van der Waals surface area (Å²) >= 11 is 1.57. The monoisotopic (exact) mass is 394 g/mol. The maximum absolute atomic E-state index is 13.0. The van der Waals surface area contributed by atoms with E-state index in [4.69, 9.17) is 4.74 Å². The maximum Gasteiger partial charge on any atom is 0.254 e. The highest BCUT2D eigenvalue weighted by molar-refractivity contribution is 7.09. The minimum absolute atomic E-state index is 0.0486. The SMILES string of the molecule is Cc1cccc(C(=O)N(Cc2csc(COc3ccccc3)n2)CC(C)C)c1. The molecule has 0 unspecified atom stereocenters. The largest absolute Gasteiger partial charge is 0.486 e. The number of benzene rings is 2. The zero-order valence-electron chi connectivity index (χ0n) is 16.6. The summed E-state index contributed by atoms with van der Waals surface area (Å²) in [5, 5.41) is 2.92. The van der Waals surface area contributed by atoms with Gasteiger partial charge in [0.05, 0.1) is 12.2 Å². The Morgan fingerprint density at radius 2 is 1.93 bits per heavy atom. The molecule has 5 heteroatoms. The molecule has 4 nitrogen and oxygen atoms in total. The Kier molecular flexibility index (Phi) is 6.82. The van der Waals surface area contributed by atoms with Crippen molar-refractivity contribution in [2.75, 3.05) is 6.54 Å². The van der Waals surface area contributed by atoms with Crippen molar-refractivity contribution in [3.05, 3.63) is 81.8 Å². The Hall–Kier alpha value is -2.66. The van der Waals surface area contributed by atoms with Crippen LogP contribution < -0.4 is 4.74 Å². The minimum Gasteiger partial charge on any atom is -0.486 e. The molecule has 0 N–H and O–H groups in total. The van der Waals surface area contributed by atoms with Gasteiger partial charge in [0, 0.05) is 17.5 Å². The molecule has 3 rings (SSSR count). The number of ether oxygens (including phenoxy) is 1. The molecule has 0 saturated carbocycles. The van der Waals surface area contributed by atoms with E-state index in [1.807, 2.05) is 71.8 Å². The zero-order valence-corrected chi connectivity index (χ0v) is 17.4. The lowest BCUT2D eigenvalue weighted by atomic mass is 10.1. The van der Waals surface area contributed by atoms with Crippen molar-refractivity contribution < 1.29 is 9.53 Å². The predicted molar refractivity (Wildman–Crippen MR) is 114 cm³/mol. The summed E-state index contributed by atoms with van der Waals surface area (Å²) in [7, 11) is 0. The second-order valence-electron chi connectivity index (χ2n) is 7.28. The van der Waals surface area contributed by atoms with Gasteiger partial charge in [-0.15, -0.1) is 11.3 Å². The number of carbonyl (C=O) groups excluding carboxylic acids is 1. The number of aromatic nitrogens is 1. The third kappa shape index (κ3) is 5.67. The Labute approximate surface area is 170 Å². The second-order valence-corrected chi connectivity index (χ2v) is 8.23. The highest BCUT2D eigenvalue weighted by atomic mass is 32.1. The third-order valence-electron chi connectivity index (χ3n) is 4.20. The van der Waals surface area contributed by atoms with Gasteiger partial charge in [-0.05, 0) is 37.1 Å². The molecule has 28 heavy (non-hydrogen) atoms. The topological polar surface area (TPSA) is 42.4 Å². The molecular weight excluding hydrogens is 368 g/mol. The fourth-order valence-electron chi connectivity index (χ4n) is 2.97. The van der Waals surface area contributed by atoms with Crippen LogP contribution in [0.5, 0.6) is 5.75 Å². The molecule has 0 radical (unpaired) electrons. The summed E-state index contributed by atoms with van der Waals surface area (Å²) in [6.45, 7) is 7.88. The van der Waals surface area contributed by atoms with Gasteiger partial charge in [0.15, 0.2) is 0 Å². The van der Waals surface area contributed by atoms with E-state index in [1.54, 1.807) is 11.3 Å². The lowest BCUT2D eigenvalue weighted by molar-refractivity contribution is 0.0720. The van der Waals surface area contributed by atoms with E-state index in [0.29, 0.717) is 25.6 Å². The lowest BCUT2D eigenvalue weighted by Crippen LogP contribution is -2.34. The van der Waals surface area contributed by atoms with Crippen LogP contribution in [0.4, 0.5) is 0 Å². The van der Waals surface area contributed by atoms with E-state index in [-0.39, 0.29) is 5.91 Å². The number of hydrogen-bond donors (Lipinski definition) is 0. The quantitative estimate of drug-likeness (QED) is 0.519. The molecule has 0 aliphatic rings. The van der Waals surface area contributed by atoms with Gasteiger partial charge >= 0.3 is 0 Å². The fourth-order valence-corrected chi connectivity index (χ4v) is 3.66. The molecule has 0 bridgehead atoms. The molecule has 0 atom stereocenters. The average molecular weight is 395 g/mol. The molecule has 1 amide bonds. The Morgan fingerprint density at radius 3 is 2.64 bits per heavy atom. The first-order chi connectivity index (χ1) is 13.5. The molecule has 0 aliphatic heterocycles. The molecular formula is C23H26N2O2S. The van der Waals surface area contributed by atoms with Crippen LogP contribution in [0.3, 0.4) is 0 Å². The van der Waals surface area contributed by atoms with E-state index in [2.05, 4.69) is 18.8 Å². The van der Waals surface area contributed by atoms with Gasteiger partial charge in [0.1, 0.15) is 17.4 Å². The van der Waals surface area contributed by atoms with E-state index >= 15 is 0 Å². The Balaban J connectivity index is 1.67. The fraction of sp³-hybridized carbons (Fsp3) is 0.304. The van der Waals surface area contributed by atoms with E-state index in [9.17, 15) is 4.79 Å². The normalized spacial score (nSPS) is 10.9. The molecule has 0 spiro atoms. The molecule has 0 saturated heterocycles. The molecule has 146 valence electrons. The van der Waals surface area contributed by atoms with Crippen molar-refractivity contribution >= 4 is 17.2 Å². The highest BCUT2D eigenvalue weighted by Crippen LogP contribution is 2.18. The summed E-state index contributed by atoms with van der Waals surface area (Å²) in [4.78, 5) is 19.6. The number of thiazole rings is 1. The number of hydrogen-bond acceptors (Lipinski definition) is 4. The molecule has 2 aromatic carbocycles. The summed E-state index contributed by atoms with van der Waals surface area (Å²) in [6, 6.07) is 17.5. The summed E-state index contributed by atoms with van der Waals surface area (Å²) in [5.74, 6) is 1.26. The molecule has 0 aliphatic carbocycles. The van der Waals surface area contributed by atoms with E-state index in [0.717, 1.165) is 27.6 Å². The highest BCUT2D eigenvalue weighted by Gasteiger charge is 2.19. The van der Waals surface area contributed by atoms with Crippen molar-refractivity contribution in [3.8, 4) is 5.75 Å². The van der Waals surface area contributed by atoms with Gasteiger partial charge in [-0.2, -0.15) is 0 Å². The van der Waals surface area contributed by atoms with Crippen molar-refractivity contribution in [1.82, 2.24) is 9.88 Å². The maximum atomic E-state index is 13.0. The van der Waals surface area contributed by atoms with Crippen LogP contribution in [-0.4, -0.2) is 22.3 Å². The first-order valence-corrected chi connectivity index (χ1v) is 10.4. The van der Waals surface area contributed by atoms with Crippen molar-refractivity contribution in [1.29, 1.82) is 0 Å². The molecule has 0 fully saturated rings. The van der Waals surface area contributed by atoms with Crippen LogP contribution in [0.1, 0.15) is 40.5 Å². The number of rotatable bonds is 8. The minimum atomic E-state index is 0.0486. The Morgan fingerprint density at radius 1 is 1.14 bits per heavy atom. The average Bonchev–Trinajstić information content (AvgIpc) is 3.13. The van der Waals surface area contributed by atoms with Gasteiger partial charge in [-0.1, -0.05) is 49.7 Å². The number of aryl methyl sites for hydroxylation is 1. The van der Waals surface area contributed by atoms with Gasteiger partial charge in [0.25, 0.3) is 5.91 Å². The Bertz CT molecular complexity index is 906. The van der Waals surface area contributed by atoms with Crippen LogP contribution in [0.25, 0.3) is 0 Å². The number of carbonyl (C=O) groups is 1. The first kappa shape index (κ1) is 20.1. The van der Waals surface area contributed by atoms with Crippen molar-refractivity contribution in [3.63, 3.8) is 0 Å². The summed E-state index contributed by atoms with van der Waals surface area (Å²) in [5.41, 5.74) is 2.71. The van der Waals surface area contributed by atoms with Gasteiger partial charge in [-0.25, -0.2) is 4.98 Å². The van der Waals surface area contributed by atoms with Crippen LogP contribution in [-0.2, 0) is 13.2 Å². The zero-order chi connectivity index (χ0) is 19.9. The summed E-state index contributed by atoms with van der Waals surface area (Å²) in [6.07, 6.45) is 0. The van der Waals surface area contributed by atoms with E-state index < -0.39 is 0 Å². The first-order valence-electron chi connectivity index (χ1n) is 9.48. The van der Waals surface area contributed by atoms with Gasteiger partial charge in [-0.3, -0.25) is 4.79 Å².